The van der Waals surface area contributed by atoms with E-state index in [-0.39, 0.29) is 17.3 Å². The van der Waals surface area contributed by atoms with Crippen molar-refractivity contribution in [3.8, 4) is 0 Å². The van der Waals surface area contributed by atoms with Gasteiger partial charge in [0.1, 0.15) is 0 Å². The van der Waals surface area contributed by atoms with E-state index < -0.39 is 21.8 Å². The third-order valence-electron chi connectivity index (χ3n) is 4.47. The lowest BCUT2D eigenvalue weighted by atomic mass is 10.1. The van der Waals surface area contributed by atoms with E-state index in [1.54, 1.807) is 19.1 Å². The van der Waals surface area contributed by atoms with Gasteiger partial charge in [0.15, 0.2) is 0 Å². The third kappa shape index (κ3) is 4.36. The van der Waals surface area contributed by atoms with E-state index in [0.717, 1.165) is 17.1 Å². The largest absolute Gasteiger partial charge is 0.352 e. The molecule has 1 aliphatic heterocycles. The molecule has 2 amide bonds. The maximum Gasteiger partial charge on any atom is 0.251 e. The van der Waals surface area contributed by atoms with Crippen LogP contribution < -0.4 is 9.62 Å². The average molecular weight is 386 g/mol. The minimum atomic E-state index is -3.68. The van der Waals surface area contributed by atoms with Crippen LogP contribution in [0.25, 0.3) is 0 Å². The summed E-state index contributed by atoms with van der Waals surface area (Å²) >= 11 is 0. The van der Waals surface area contributed by atoms with E-state index in [2.05, 4.69) is 5.32 Å². The van der Waals surface area contributed by atoms with Crippen LogP contribution >= 0.6 is 0 Å². The van der Waals surface area contributed by atoms with Gasteiger partial charge in [-0.25, -0.2) is 12.7 Å². The average Bonchev–Trinajstić information content (AvgIpc) is 2.86. The number of hydrogen-bond donors (Lipinski definition) is 1. The van der Waals surface area contributed by atoms with Crippen LogP contribution in [0.3, 0.4) is 0 Å². The van der Waals surface area contributed by atoms with Crippen LogP contribution in [-0.4, -0.2) is 32.5 Å². The van der Waals surface area contributed by atoms with Gasteiger partial charge >= 0.3 is 0 Å². The summed E-state index contributed by atoms with van der Waals surface area (Å²) in [5.41, 5.74) is 1.75. The smallest absolute Gasteiger partial charge is 0.251 e. The summed E-state index contributed by atoms with van der Waals surface area (Å²) in [6, 6.07) is 16.2. The number of hydrogen-bond acceptors (Lipinski definition) is 4. The van der Waals surface area contributed by atoms with Crippen LogP contribution in [0.15, 0.2) is 54.6 Å². The van der Waals surface area contributed by atoms with Crippen molar-refractivity contribution in [1.29, 1.82) is 0 Å². The second-order valence-electron chi connectivity index (χ2n) is 6.68. The topological polar surface area (TPSA) is 83.6 Å². The number of aryl methyl sites for hydroxylation is 1. The number of carbonyl (C=O) groups excluding carboxylic acids is 2. The van der Waals surface area contributed by atoms with E-state index in [9.17, 15) is 18.0 Å². The predicted octanol–water partition coefficient (Wildman–Crippen LogP) is 2.36. The second kappa shape index (κ2) is 7.92. The normalized spacial score (nSPS) is 18.5. The predicted molar refractivity (Wildman–Crippen MR) is 104 cm³/mol. The highest BCUT2D eigenvalue weighted by Crippen LogP contribution is 2.28. The summed E-state index contributed by atoms with van der Waals surface area (Å²) < 4.78 is 25.2. The van der Waals surface area contributed by atoms with E-state index >= 15 is 0 Å². The van der Waals surface area contributed by atoms with E-state index in [4.69, 9.17) is 0 Å². The van der Waals surface area contributed by atoms with E-state index in [1.807, 2.05) is 30.3 Å². The molecule has 6 nitrogen and oxygen atoms in total. The molecule has 3 rings (SSSR count). The molecule has 27 heavy (non-hydrogen) atoms. The molecule has 1 saturated heterocycles. The van der Waals surface area contributed by atoms with Crippen molar-refractivity contribution < 1.29 is 18.0 Å². The Hall–Kier alpha value is -2.67. The van der Waals surface area contributed by atoms with Crippen molar-refractivity contribution in [2.45, 2.75) is 19.8 Å². The summed E-state index contributed by atoms with van der Waals surface area (Å²) in [6.07, 6.45) is 1.66. The van der Waals surface area contributed by atoms with Gasteiger partial charge in [0.25, 0.3) is 5.91 Å². The number of amides is 2. The van der Waals surface area contributed by atoms with Crippen LogP contribution in [0.1, 0.15) is 29.3 Å². The van der Waals surface area contributed by atoms with Gasteiger partial charge in [0.05, 0.1) is 17.4 Å². The Morgan fingerprint density at radius 2 is 1.89 bits per heavy atom. The Kier molecular flexibility index (Phi) is 5.60. The van der Waals surface area contributed by atoms with Crippen LogP contribution in [0.4, 0.5) is 5.69 Å². The molecular formula is C20H22N2O4S. The number of anilines is 1. The fourth-order valence-electron chi connectivity index (χ4n) is 3.10. The molecule has 1 atom stereocenters. The maximum atomic E-state index is 12.4. The fourth-order valence-corrected chi connectivity index (χ4v) is 4.91. The fraction of sp³-hybridized carbons (Fsp3) is 0.300. The molecule has 0 unspecified atom stereocenters. The Balaban J connectivity index is 1.63. The van der Waals surface area contributed by atoms with Crippen molar-refractivity contribution in [1.82, 2.24) is 5.32 Å². The highest BCUT2D eigenvalue weighted by molar-refractivity contribution is 7.94. The lowest BCUT2D eigenvalue weighted by Gasteiger charge is -2.16. The van der Waals surface area contributed by atoms with Crippen molar-refractivity contribution in [3.05, 3.63) is 65.7 Å². The zero-order valence-corrected chi connectivity index (χ0v) is 15.9. The van der Waals surface area contributed by atoms with Crippen LogP contribution in [0, 0.1) is 5.92 Å². The molecule has 1 heterocycles. The molecule has 2 aromatic rings. The summed E-state index contributed by atoms with van der Waals surface area (Å²) in [5, 5.41) is 2.84. The SMILES string of the molecule is C[C@@H]1CS(=O)(=O)N(c2cccc(C(=O)NCCCc3ccccc3)c2)C1=O. The van der Waals surface area contributed by atoms with Gasteiger partial charge in [-0.2, -0.15) is 0 Å². The lowest BCUT2D eigenvalue weighted by Crippen LogP contribution is -2.31. The minimum absolute atomic E-state index is 0.207. The summed E-state index contributed by atoms with van der Waals surface area (Å²) in [5.74, 6) is -1.54. The first-order valence-corrected chi connectivity index (χ1v) is 10.5. The zero-order valence-electron chi connectivity index (χ0n) is 15.1. The van der Waals surface area contributed by atoms with Gasteiger partial charge in [-0.3, -0.25) is 9.59 Å². The van der Waals surface area contributed by atoms with E-state index in [1.165, 1.54) is 17.7 Å². The molecule has 1 N–H and O–H groups in total. The number of carbonyl (C=O) groups is 2. The van der Waals surface area contributed by atoms with Crippen molar-refractivity contribution in [2.24, 2.45) is 5.92 Å². The number of sulfonamides is 1. The molecule has 2 aromatic carbocycles. The molecule has 0 aliphatic carbocycles. The van der Waals surface area contributed by atoms with Gasteiger partial charge in [-0.1, -0.05) is 43.3 Å². The Bertz CT molecular complexity index is 941. The van der Waals surface area contributed by atoms with Gasteiger partial charge in [-0.05, 0) is 36.6 Å². The monoisotopic (exact) mass is 386 g/mol. The van der Waals surface area contributed by atoms with Gasteiger partial charge in [-0.15, -0.1) is 0 Å². The first-order valence-electron chi connectivity index (χ1n) is 8.87. The summed E-state index contributed by atoms with van der Waals surface area (Å²) in [6.45, 7) is 2.10. The minimum Gasteiger partial charge on any atom is -0.352 e. The van der Waals surface area contributed by atoms with Crippen molar-refractivity contribution >= 4 is 27.5 Å². The molecule has 0 aromatic heterocycles. The zero-order chi connectivity index (χ0) is 19.4. The van der Waals surface area contributed by atoms with Gasteiger partial charge in [0, 0.05) is 12.1 Å². The first-order chi connectivity index (χ1) is 12.9. The Morgan fingerprint density at radius 3 is 2.56 bits per heavy atom. The third-order valence-corrected chi connectivity index (χ3v) is 6.34. The van der Waals surface area contributed by atoms with E-state index in [0.29, 0.717) is 12.1 Å². The van der Waals surface area contributed by atoms with Crippen LogP contribution in [0.5, 0.6) is 0 Å². The van der Waals surface area contributed by atoms with Crippen molar-refractivity contribution in [2.75, 3.05) is 16.6 Å². The summed E-state index contributed by atoms with van der Waals surface area (Å²) in [4.78, 5) is 24.6. The van der Waals surface area contributed by atoms with Gasteiger partial charge in [0.2, 0.25) is 15.9 Å². The number of rotatable bonds is 6. The first kappa shape index (κ1) is 19.1. The van der Waals surface area contributed by atoms with Crippen LogP contribution in [-0.2, 0) is 21.2 Å². The number of nitrogens with one attached hydrogen (secondary N) is 1. The molecule has 0 radical (unpaired) electrons. The van der Waals surface area contributed by atoms with Crippen LogP contribution in [0.2, 0.25) is 0 Å². The molecule has 0 spiro atoms. The maximum absolute atomic E-state index is 12.4. The molecule has 1 aliphatic rings. The standard InChI is InChI=1S/C20H22N2O4S/c1-15-14-27(25,26)22(20(15)24)18-11-5-10-17(13-18)19(23)21-12-6-9-16-7-3-2-4-8-16/h2-5,7-8,10-11,13,15H,6,9,12,14H2,1H3,(H,21,23)/t15-/m1/s1. The Labute approximate surface area is 159 Å². The number of benzene rings is 2. The molecule has 7 heteroatoms. The molecule has 0 bridgehead atoms. The highest BCUT2D eigenvalue weighted by Gasteiger charge is 2.42. The Morgan fingerprint density at radius 1 is 1.15 bits per heavy atom. The number of nitrogens with zero attached hydrogens (tertiary/aromatic N) is 1. The molecule has 1 fully saturated rings. The highest BCUT2D eigenvalue weighted by atomic mass is 32.2. The van der Waals surface area contributed by atoms with Crippen molar-refractivity contribution in [3.63, 3.8) is 0 Å². The molecule has 0 saturated carbocycles. The summed E-state index contributed by atoms with van der Waals surface area (Å²) in [7, 11) is -3.68. The second-order valence-corrected chi connectivity index (χ2v) is 8.54. The molecule has 142 valence electrons. The quantitative estimate of drug-likeness (QED) is 0.773. The van der Waals surface area contributed by atoms with Gasteiger partial charge < -0.3 is 5.32 Å². The lowest BCUT2D eigenvalue weighted by molar-refractivity contribution is -0.119. The molecular weight excluding hydrogens is 364 g/mol.